The lowest BCUT2D eigenvalue weighted by molar-refractivity contribution is -0.384. The van der Waals surface area contributed by atoms with E-state index >= 15 is 0 Å². The van der Waals surface area contributed by atoms with E-state index in [1.165, 1.54) is 40.6 Å². The molecule has 1 aromatic carbocycles. The fourth-order valence-corrected chi connectivity index (χ4v) is 2.02. The molecule has 0 saturated heterocycles. The molecule has 0 bridgehead atoms. The number of nitro groups is 1. The maximum atomic E-state index is 11.5. The lowest BCUT2D eigenvalue weighted by Crippen LogP contribution is -1.95. The van der Waals surface area contributed by atoms with E-state index in [0.29, 0.717) is 5.56 Å². The van der Waals surface area contributed by atoms with Crippen molar-refractivity contribution in [3.63, 3.8) is 0 Å². The third-order valence-corrected chi connectivity index (χ3v) is 3.66. The molecule has 1 amide bonds. The highest BCUT2D eigenvalue weighted by Gasteiger charge is 2.07. The number of carbonyl (C=O) groups excluding carboxylic acids is 1. The summed E-state index contributed by atoms with van der Waals surface area (Å²) in [5.41, 5.74) is 1.77. The first kappa shape index (κ1) is 13.7. The molecule has 0 unspecified atom stereocenters. The number of nitrogens with zero attached hydrogens (tertiary/aromatic N) is 2. The zero-order valence-electron chi connectivity index (χ0n) is 9.03. The van der Waals surface area contributed by atoms with Gasteiger partial charge < -0.3 is 0 Å². The average molecular weight is 270 g/mol. The molecular formula is C10H10N2O3S2. The summed E-state index contributed by atoms with van der Waals surface area (Å²) < 4.78 is 0. The lowest BCUT2D eigenvalue weighted by Gasteiger charge is -1.95. The summed E-state index contributed by atoms with van der Waals surface area (Å²) in [6, 6.07) is 5.37. The van der Waals surface area contributed by atoms with Crippen LogP contribution < -0.4 is 0 Å². The van der Waals surface area contributed by atoms with Gasteiger partial charge in [-0.05, 0) is 22.9 Å². The predicted molar refractivity (Wildman–Crippen MR) is 71.6 cm³/mol. The molecule has 0 heterocycles. The Morgan fingerprint density at radius 3 is 2.65 bits per heavy atom. The fourth-order valence-electron chi connectivity index (χ4n) is 0.968. The van der Waals surface area contributed by atoms with Crippen LogP contribution in [0.25, 0.3) is 0 Å². The standard InChI is InChI=1S/C10H10N2O3S2/c1-2-16-17-7-11-10(13)8-3-5-9(6-4-8)12(14)15/h3-7H,2H2,1H3. The zero-order chi connectivity index (χ0) is 12.7. The smallest absolute Gasteiger partial charge is 0.267 e. The van der Waals surface area contributed by atoms with Crippen LogP contribution in [-0.4, -0.2) is 22.1 Å². The number of nitro benzene ring substituents is 1. The van der Waals surface area contributed by atoms with Gasteiger partial charge in [-0.1, -0.05) is 17.7 Å². The molecule has 0 aliphatic heterocycles. The first-order valence-corrected chi connectivity index (χ1v) is 7.13. The van der Waals surface area contributed by atoms with Crippen molar-refractivity contribution >= 4 is 38.7 Å². The number of amides is 1. The van der Waals surface area contributed by atoms with Gasteiger partial charge in [0.05, 0.1) is 10.5 Å². The number of carbonyl (C=O) groups is 1. The normalized spacial score (nSPS) is 10.6. The molecule has 0 aromatic heterocycles. The topological polar surface area (TPSA) is 72.6 Å². The van der Waals surface area contributed by atoms with E-state index < -0.39 is 10.8 Å². The van der Waals surface area contributed by atoms with Gasteiger partial charge in [-0.25, -0.2) is 4.99 Å². The molecule has 5 nitrogen and oxygen atoms in total. The molecule has 0 atom stereocenters. The third-order valence-electron chi connectivity index (χ3n) is 1.72. The van der Waals surface area contributed by atoms with Crippen LogP contribution in [0.15, 0.2) is 29.3 Å². The highest BCUT2D eigenvalue weighted by molar-refractivity contribution is 8.81. The third kappa shape index (κ3) is 4.58. The van der Waals surface area contributed by atoms with Crippen molar-refractivity contribution < 1.29 is 9.72 Å². The second-order valence-electron chi connectivity index (χ2n) is 2.85. The van der Waals surface area contributed by atoms with Crippen LogP contribution in [0.5, 0.6) is 0 Å². The molecule has 90 valence electrons. The van der Waals surface area contributed by atoms with Gasteiger partial charge in [0.15, 0.2) is 0 Å². The molecule has 1 rings (SSSR count). The first-order valence-electron chi connectivity index (χ1n) is 4.74. The SMILES string of the molecule is CCSSC=NC(=O)c1ccc([N+](=O)[O-])cc1. The summed E-state index contributed by atoms with van der Waals surface area (Å²) >= 11 is 0. The molecule has 0 aliphatic rings. The number of hydrogen-bond acceptors (Lipinski definition) is 5. The van der Waals surface area contributed by atoms with E-state index in [4.69, 9.17) is 0 Å². The lowest BCUT2D eigenvalue weighted by atomic mass is 10.2. The summed E-state index contributed by atoms with van der Waals surface area (Å²) in [6.07, 6.45) is 0. The Kier molecular flexibility index (Phi) is 5.71. The van der Waals surface area contributed by atoms with Crippen LogP contribution in [-0.2, 0) is 0 Å². The average Bonchev–Trinajstić information content (AvgIpc) is 2.34. The number of benzene rings is 1. The molecule has 0 fully saturated rings. The van der Waals surface area contributed by atoms with Crippen LogP contribution in [0.4, 0.5) is 5.69 Å². The number of non-ortho nitro benzene ring substituents is 1. The maximum Gasteiger partial charge on any atom is 0.277 e. The highest BCUT2D eigenvalue weighted by atomic mass is 33.1. The molecule has 0 spiro atoms. The molecule has 17 heavy (non-hydrogen) atoms. The first-order chi connectivity index (χ1) is 8.15. The minimum absolute atomic E-state index is 0.0403. The number of hydrogen-bond donors (Lipinski definition) is 0. The summed E-state index contributed by atoms with van der Waals surface area (Å²) in [5, 5.41) is 10.4. The van der Waals surface area contributed by atoms with Gasteiger partial charge in [0.1, 0.15) is 0 Å². The zero-order valence-corrected chi connectivity index (χ0v) is 10.7. The fraction of sp³-hybridized carbons (Fsp3) is 0.200. The Bertz CT molecular complexity index is 432. The van der Waals surface area contributed by atoms with Crippen molar-refractivity contribution in [2.75, 3.05) is 5.75 Å². The van der Waals surface area contributed by atoms with E-state index in [1.54, 1.807) is 10.8 Å². The molecule has 1 aromatic rings. The Labute approximate surface area is 106 Å². The second kappa shape index (κ2) is 7.08. The molecule has 0 saturated carbocycles. The van der Waals surface area contributed by atoms with Crippen molar-refractivity contribution in [3.8, 4) is 0 Å². The van der Waals surface area contributed by atoms with Gasteiger partial charge in [-0.3, -0.25) is 14.9 Å². The van der Waals surface area contributed by atoms with Crippen molar-refractivity contribution in [2.24, 2.45) is 4.99 Å². The van der Waals surface area contributed by atoms with Gasteiger partial charge >= 0.3 is 0 Å². The largest absolute Gasteiger partial charge is 0.277 e. The minimum atomic E-state index is -0.509. The minimum Gasteiger partial charge on any atom is -0.267 e. The monoisotopic (exact) mass is 270 g/mol. The van der Waals surface area contributed by atoms with E-state index in [1.807, 2.05) is 6.92 Å². The van der Waals surface area contributed by atoms with Crippen LogP contribution in [0.3, 0.4) is 0 Å². The van der Waals surface area contributed by atoms with Gasteiger partial charge in [0.2, 0.25) is 0 Å². The summed E-state index contributed by atoms with van der Waals surface area (Å²) in [4.78, 5) is 25.1. The van der Waals surface area contributed by atoms with Crippen LogP contribution in [0.1, 0.15) is 17.3 Å². The molecular weight excluding hydrogens is 260 g/mol. The summed E-state index contributed by atoms with van der Waals surface area (Å²) in [7, 11) is 2.96. The van der Waals surface area contributed by atoms with Crippen LogP contribution in [0.2, 0.25) is 0 Å². The summed E-state index contributed by atoms with van der Waals surface area (Å²) in [6.45, 7) is 2.00. The van der Waals surface area contributed by atoms with Crippen LogP contribution in [0, 0.1) is 10.1 Å². The number of aliphatic imine (C=N–C) groups is 1. The van der Waals surface area contributed by atoms with Gasteiger partial charge in [0.25, 0.3) is 11.6 Å². The Morgan fingerprint density at radius 2 is 2.12 bits per heavy atom. The quantitative estimate of drug-likeness (QED) is 0.205. The van der Waals surface area contributed by atoms with Gasteiger partial charge in [0, 0.05) is 23.4 Å². The van der Waals surface area contributed by atoms with Crippen molar-refractivity contribution in [2.45, 2.75) is 6.92 Å². The van der Waals surface area contributed by atoms with E-state index in [2.05, 4.69) is 4.99 Å². The molecule has 0 N–H and O–H groups in total. The maximum absolute atomic E-state index is 11.5. The van der Waals surface area contributed by atoms with E-state index in [9.17, 15) is 14.9 Å². The van der Waals surface area contributed by atoms with E-state index in [-0.39, 0.29) is 5.69 Å². The van der Waals surface area contributed by atoms with Gasteiger partial charge in [-0.2, -0.15) is 0 Å². The Hall–Kier alpha value is -1.34. The Balaban J connectivity index is 2.63. The molecule has 7 heteroatoms. The number of rotatable bonds is 5. The van der Waals surface area contributed by atoms with Gasteiger partial charge in [-0.15, -0.1) is 0 Å². The van der Waals surface area contributed by atoms with Crippen molar-refractivity contribution in [1.82, 2.24) is 0 Å². The van der Waals surface area contributed by atoms with Crippen molar-refractivity contribution in [3.05, 3.63) is 39.9 Å². The van der Waals surface area contributed by atoms with Crippen LogP contribution >= 0.6 is 21.6 Å². The predicted octanol–water partition coefficient (Wildman–Crippen LogP) is 3.16. The highest BCUT2D eigenvalue weighted by Crippen LogP contribution is 2.17. The molecule has 0 aliphatic carbocycles. The molecule has 0 radical (unpaired) electrons. The Morgan fingerprint density at radius 1 is 1.47 bits per heavy atom. The second-order valence-corrected chi connectivity index (χ2v) is 5.35. The van der Waals surface area contributed by atoms with E-state index in [0.717, 1.165) is 5.75 Å². The summed E-state index contributed by atoms with van der Waals surface area (Å²) in [5.74, 6) is 0.534. The van der Waals surface area contributed by atoms with Crippen molar-refractivity contribution in [1.29, 1.82) is 0 Å².